The number of rotatable bonds is 4. The fourth-order valence-electron chi connectivity index (χ4n) is 1.60. The van der Waals surface area contributed by atoms with Crippen LogP contribution in [0.5, 0.6) is 0 Å². The molecule has 1 aromatic carbocycles. The summed E-state index contributed by atoms with van der Waals surface area (Å²) in [5.41, 5.74) is 1.61. The van der Waals surface area contributed by atoms with Crippen molar-refractivity contribution in [3.63, 3.8) is 0 Å². The number of nitrogens with zero attached hydrogens (tertiary/aromatic N) is 2. The average Bonchev–Trinajstić information content (AvgIpc) is 2.68. The molecule has 0 radical (unpaired) electrons. The number of hydrogen-bond donors (Lipinski definition) is 1. The van der Waals surface area contributed by atoms with Crippen LogP contribution in [-0.4, -0.2) is 20.6 Å². The van der Waals surface area contributed by atoms with Crippen molar-refractivity contribution in [1.82, 2.24) is 9.55 Å². The second kappa shape index (κ2) is 5.01. The lowest BCUT2D eigenvalue weighted by molar-refractivity contribution is -0.136. The van der Waals surface area contributed by atoms with E-state index in [1.807, 2.05) is 24.3 Å². The molecule has 4 nitrogen and oxygen atoms in total. The molecule has 2 aromatic rings. The van der Waals surface area contributed by atoms with Gasteiger partial charge >= 0.3 is 5.97 Å². The van der Waals surface area contributed by atoms with Gasteiger partial charge in [0.25, 0.3) is 0 Å². The molecule has 0 aliphatic rings. The molecule has 88 valence electrons. The van der Waals surface area contributed by atoms with Gasteiger partial charge in [-0.05, 0) is 11.6 Å². The Balaban J connectivity index is 2.22. The summed E-state index contributed by atoms with van der Waals surface area (Å²) in [4.78, 5) is 14.6. The topological polar surface area (TPSA) is 55.1 Å². The largest absolute Gasteiger partial charge is 0.481 e. The predicted molar refractivity (Wildman–Crippen MR) is 64.1 cm³/mol. The van der Waals surface area contributed by atoms with Crippen molar-refractivity contribution >= 4 is 17.6 Å². The standard InChI is InChI=1S/C12H11ClN2O2/c13-11-4-2-1-3-9(11)7-15-8-14-6-10(15)5-12(16)17/h1-4,6,8H,5,7H2,(H,16,17). The number of imidazole rings is 1. The molecule has 1 heterocycles. The third kappa shape index (κ3) is 2.85. The first-order valence-corrected chi connectivity index (χ1v) is 5.49. The monoisotopic (exact) mass is 250 g/mol. The van der Waals surface area contributed by atoms with Gasteiger partial charge < -0.3 is 9.67 Å². The van der Waals surface area contributed by atoms with Crippen molar-refractivity contribution < 1.29 is 9.90 Å². The van der Waals surface area contributed by atoms with Gasteiger partial charge in [-0.3, -0.25) is 4.79 Å². The second-order valence-corrected chi connectivity index (χ2v) is 4.08. The van der Waals surface area contributed by atoms with Gasteiger partial charge in [-0.1, -0.05) is 29.8 Å². The zero-order chi connectivity index (χ0) is 12.3. The van der Waals surface area contributed by atoms with E-state index in [4.69, 9.17) is 16.7 Å². The maximum atomic E-state index is 10.7. The van der Waals surface area contributed by atoms with Gasteiger partial charge in [0.05, 0.1) is 19.3 Å². The summed E-state index contributed by atoms with van der Waals surface area (Å²) < 4.78 is 1.79. The Kier molecular flexibility index (Phi) is 3.44. The zero-order valence-electron chi connectivity index (χ0n) is 9.01. The van der Waals surface area contributed by atoms with Crippen LogP contribution in [0.3, 0.4) is 0 Å². The minimum Gasteiger partial charge on any atom is -0.481 e. The van der Waals surface area contributed by atoms with Crippen molar-refractivity contribution in [2.45, 2.75) is 13.0 Å². The van der Waals surface area contributed by atoms with E-state index in [-0.39, 0.29) is 6.42 Å². The normalized spacial score (nSPS) is 10.4. The lowest BCUT2D eigenvalue weighted by atomic mass is 10.2. The number of carbonyl (C=O) groups is 1. The molecule has 0 bridgehead atoms. The lowest BCUT2D eigenvalue weighted by Gasteiger charge is -2.08. The molecule has 0 atom stereocenters. The molecule has 0 saturated heterocycles. The highest BCUT2D eigenvalue weighted by Gasteiger charge is 2.08. The summed E-state index contributed by atoms with van der Waals surface area (Å²) in [7, 11) is 0. The van der Waals surface area contributed by atoms with Crippen LogP contribution in [0.4, 0.5) is 0 Å². The quantitative estimate of drug-likeness (QED) is 0.905. The van der Waals surface area contributed by atoms with Crippen LogP contribution < -0.4 is 0 Å². The van der Waals surface area contributed by atoms with Crippen LogP contribution in [0.25, 0.3) is 0 Å². The van der Waals surface area contributed by atoms with Crippen molar-refractivity contribution in [2.24, 2.45) is 0 Å². The van der Waals surface area contributed by atoms with Crippen LogP contribution in [0.15, 0.2) is 36.8 Å². The number of carboxylic acids is 1. The van der Waals surface area contributed by atoms with Gasteiger partial charge in [0, 0.05) is 16.9 Å². The Morgan fingerprint density at radius 2 is 2.18 bits per heavy atom. The molecule has 1 aromatic heterocycles. The van der Waals surface area contributed by atoms with Crippen molar-refractivity contribution in [3.05, 3.63) is 53.1 Å². The molecule has 2 rings (SSSR count). The summed E-state index contributed by atoms with van der Waals surface area (Å²) in [6, 6.07) is 7.48. The fraction of sp³-hybridized carbons (Fsp3) is 0.167. The number of carboxylic acid groups (broad SMARTS) is 1. The Hall–Kier alpha value is -1.81. The average molecular weight is 251 g/mol. The number of aromatic nitrogens is 2. The van der Waals surface area contributed by atoms with E-state index in [2.05, 4.69) is 4.98 Å². The number of aliphatic carboxylic acids is 1. The summed E-state index contributed by atoms with van der Waals surface area (Å²) in [6.45, 7) is 0.530. The first-order valence-electron chi connectivity index (χ1n) is 5.11. The number of hydrogen-bond acceptors (Lipinski definition) is 2. The minimum atomic E-state index is -0.870. The summed E-state index contributed by atoms with van der Waals surface area (Å²) in [5, 5.41) is 9.43. The van der Waals surface area contributed by atoms with E-state index < -0.39 is 5.97 Å². The van der Waals surface area contributed by atoms with Gasteiger partial charge in [-0.2, -0.15) is 0 Å². The smallest absolute Gasteiger partial charge is 0.309 e. The highest BCUT2D eigenvalue weighted by Crippen LogP contribution is 2.17. The molecule has 1 N–H and O–H groups in total. The molecule has 0 saturated carbocycles. The highest BCUT2D eigenvalue weighted by molar-refractivity contribution is 6.31. The molecule has 0 unspecified atom stereocenters. The third-order valence-corrected chi connectivity index (χ3v) is 2.80. The van der Waals surface area contributed by atoms with Crippen LogP contribution in [-0.2, 0) is 17.8 Å². The van der Waals surface area contributed by atoms with Crippen molar-refractivity contribution in [1.29, 1.82) is 0 Å². The van der Waals surface area contributed by atoms with Gasteiger partial charge in [0.1, 0.15) is 0 Å². The molecule has 0 amide bonds. The van der Waals surface area contributed by atoms with E-state index in [9.17, 15) is 4.79 Å². The van der Waals surface area contributed by atoms with E-state index in [1.54, 1.807) is 17.1 Å². The summed E-state index contributed by atoms with van der Waals surface area (Å²) >= 11 is 6.05. The molecule has 0 fully saturated rings. The van der Waals surface area contributed by atoms with Crippen molar-refractivity contribution in [3.8, 4) is 0 Å². The predicted octanol–water partition coefficient (Wildman–Crippen LogP) is 2.21. The Labute approximate surface area is 103 Å². The highest BCUT2D eigenvalue weighted by atomic mass is 35.5. The van der Waals surface area contributed by atoms with Crippen LogP contribution in [0.2, 0.25) is 5.02 Å². The zero-order valence-corrected chi connectivity index (χ0v) is 9.76. The lowest BCUT2D eigenvalue weighted by Crippen LogP contribution is -2.08. The number of benzene rings is 1. The van der Waals surface area contributed by atoms with Gasteiger partial charge in [0.2, 0.25) is 0 Å². The first kappa shape index (κ1) is 11.7. The fourth-order valence-corrected chi connectivity index (χ4v) is 1.80. The molecule has 17 heavy (non-hydrogen) atoms. The maximum Gasteiger partial charge on any atom is 0.309 e. The van der Waals surface area contributed by atoms with Gasteiger partial charge in [0.15, 0.2) is 0 Å². The third-order valence-electron chi connectivity index (χ3n) is 2.43. The molecule has 0 aliphatic heterocycles. The summed E-state index contributed by atoms with van der Waals surface area (Å²) in [6.07, 6.45) is 3.14. The van der Waals surface area contributed by atoms with E-state index in [1.165, 1.54) is 0 Å². The SMILES string of the molecule is O=C(O)Cc1cncn1Cc1ccccc1Cl. The first-order chi connectivity index (χ1) is 8.16. The minimum absolute atomic E-state index is 0.0372. The van der Waals surface area contributed by atoms with Gasteiger partial charge in [-0.15, -0.1) is 0 Å². The van der Waals surface area contributed by atoms with E-state index >= 15 is 0 Å². The van der Waals surface area contributed by atoms with Crippen molar-refractivity contribution in [2.75, 3.05) is 0 Å². The van der Waals surface area contributed by atoms with E-state index in [0.717, 1.165) is 5.56 Å². The van der Waals surface area contributed by atoms with Gasteiger partial charge in [-0.25, -0.2) is 4.98 Å². The maximum absolute atomic E-state index is 10.7. The van der Waals surface area contributed by atoms with Crippen LogP contribution in [0.1, 0.15) is 11.3 Å². The van der Waals surface area contributed by atoms with Crippen LogP contribution >= 0.6 is 11.6 Å². The Bertz CT molecular complexity index is 537. The Morgan fingerprint density at radius 1 is 1.41 bits per heavy atom. The second-order valence-electron chi connectivity index (χ2n) is 3.67. The van der Waals surface area contributed by atoms with E-state index in [0.29, 0.717) is 17.3 Å². The molecular formula is C12H11ClN2O2. The van der Waals surface area contributed by atoms with Crippen LogP contribution in [0, 0.1) is 0 Å². The molecule has 0 aliphatic carbocycles. The molecule has 5 heteroatoms. The molecular weight excluding hydrogens is 240 g/mol. The molecule has 0 spiro atoms. The number of halogens is 1. The summed E-state index contributed by atoms with van der Waals surface area (Å²) in [5.74, 6) is -0.870. The Morgan fingerprint density at radius 3 is 2.88 bits per heavy atom.